The van der Waals surface area contributed by atoms with Gasteiger partial charge in [0.1, 0.15) is 5.75 Å². The molecule has 0 saturated heterocycles. The summed E-state index contributed by atoms with van der Waals surface area (Å²) in [6.07, 6.45) is 0.502. The molecule has 0 spiro atoms. The molecule has 0 bridgehead atoms. The highest BCUT2D eigenvalue weighted by Gasteiger charge is 2.14. The van der Waals surface area contributed by atoms with E-state index in [9.17, 15) is 4.79 Å². The number of hydrogen-bond donors (Lipinski definition) is 0. The molecule has 0 unspecified atom stereocenters. The summed E-state index contributed by atoms with van der Waals surface area (Å²) in [5.41, 5.74) is 1.92. The van der Waals surface area contributed by atoms with Gasteiger partial charge in [-0.25, -0.2) is 4.98 Å². The number of amides is 1. The summed E-state index contributed by atoms with van der Waals surface area (Å²) in [5, 5.41) is 11.4. The van der Waals surface area contributed by atoms with Crippen LogP contribution in [0.25, 0.3) is 0 Å². The van der Waals surface area contributed by atoms with Crippen LogP contribution in [-0.2, 0) is 17.8 Å². The third-order valence-corrected chi connectivity index (χ3v) is 5.37. The molecule has 0 atom stereocenters. The van der Waals surface area contributed by atoms with Crippen molar-refractivity contribution in [3.63, 3.8) is 0 Å². The maximum atomic E-state index is 12.4. The lowest BCUT2D eigenvalue weighted by atomic mass is 10.2. The van der Waals surface area contributed by atoms with Crippen molar-refractivity contribution in [1.82, 2.24) is 20.1 Å². The largest absolute Gasteiger partial charge is 0.497 e. The molecule has 1 aromatic carbocycles. The Kier molecular flexibility index (Phi) is 6.46. The van der Waals surface area contributed by atoms with E-state index in [-0.39, 0.29) is 11.7 Å². The normalized spacial score (nSPS) is 10.8. The summed E-state index contributed by atoms with van der Waals surface area (Å²) in [6.45, 7) is 2.46. The van der Waals surface area contributed by atoms with E-state index in [2.05, 4.69) is 15.2 Å². The number of aromatic nitrogens is 3. The van der Waals surface area contributed by atoms with Gasteiger partial charge in [0.05, 0.1) is 30.0 Å². The van der Waals surface area contributed by atoms with Crippen LogP contribution in [0.15, 0.2) is 39.3 Å². The number of carbonyl (C=O) groups is 1. The number of aryl methyl sites for hydroxylation is 1. The summed E-state index contributed by atoms with van der Waals surface area (Å²) in [7, 11) is 3.39. The SMILES string of the molecule is COc1cccc(CN(C)C(=O)CSc2nnc(Cc3csc(C)n3)o2)c1. The second-order valence-corrected chi connectivity index (χ2v) is 7.88. The van der Waals surface area contributed by atoms with Crippen LogP contribution in [0.1, 0.15) is 22.2 Å². The fourth-order valence-corrected chi connectivity index (χ4v) is 3.71. The van der Waals surface area contributed by atoms with Crippen LogP contribution in [0.4, 0.5) is 0 Å². The molecule has 3 aromatic rings. The van der Waals surface area contributed by atoms with E-state index in [0.29, 0.717) is 24.1 Å². The molecule has 2 heterocycles. The highest BCUT2D eigenvalue weighted by atomic mass is 32.2. The Hall–Kier alpha value is -2.39. The maximum absolute atomic E-state index is 12.4. The smallest absolute Gasteiger partial charge is 0.277 e. The lowest BCUT2D eigenvalue weighted by Crippen LogP contribution is -2.27. The van der Waals surface area contributed by atoms with E-state index in [1.807, 2.05) is 36.6 Å². The van der Waals surface area contributed by atoms with E-state index in [4.69, 9.17) is 9.15 Å². The molecule has 0 radical (unpaired) electrons. The van der Waals surface area contributed by atoms with Crippen LogP contribution in [0.5, 0.6) is 5.75 Å². The van der Waals surface area contributed by atoms with Gasteiger partial charge in [-0.05, 0) is 24.6 Å². The van der Waals surface area contributed by atoms with E-state index >= 15 is 0 Å². The average molecular weight is 405 g/mol. The van der Waals surface area contributed by atoms with Crippen molar-refractivity contribution in [3.8, 4) is 5.75 Å². The van der Waals surface area contributed by atoms with Gasteiger partial charge in [0.25, 0.3) is 5.22 Å². The molecule has 0 aliphatic carbocycles. The molecule has 0 aliphatic rings. The summed E-state index contributed by atoms with van der Waals surface area (Å²) >= 11 is 2.82. The molecule has 7 nitrogen and oxygen atoms in total. The van der Waals surface area contributed by atoms with Gasteiger partial charge < -0.3 is 14.1 Å². The molecule has 0 N–H and O–H groups in total. The topological polar surface area (TPSA) is 81.4 Å². The van der Waals surface area contributed by atoms with Gasteiger partial charge in [-0.3, -0.25) is 4.79 Å². The first-order valence-electron chi connectivity index (χ1n) is 8.26. The Bertz CT molecular complexity index is 909. The number of thiazole rings is 1. The highest BCUT2D eigenvalue weighted by Crippen LogP contribution is 2.20. The molecule has 2 aromatic heterocycles. The van der Waals surface area contributed by atoms with Gasteiger partial charge in [-0.2, -0.15) is 0 Å². The zero-order valence-electron chi connectivity index (χ0n) is 15.3. The number of thioether (sulfide) groups is 1. The fraction of sp³-hybridized carbons (Fsp3) is 0.333. The van der Waals surface area contributed by atoms with E-state index in [0.717, 1.165) is 22.0 Å². The van der Waals surface area contributed by atoms with Gasteiger partial charge in [-0.1, -0.05) is 23.9 Å². The molecule has 142 valence electrons. The quantitative estimate of drug-likeness (QED) is 0.533. The number of hydrogen-bond acceptors (Lipinski definition) is 8. The monoisotopic (exact) mass is 404 g/mol. The third-order valence-electron chi connectivity index (χ3n) is 3.75. The standard InChI is InChI=1S/C18H20N4O3S2/c1-12-19-14(10-26-12)8-16-20-21-18(25-16)27-11-17(23)22(2)9-13-5-4-6-15(7-13)24-3/h4-7,10H,8-9,11H2,1-3H3. The van der Waals surface area contributed by atoms with Crippen molar-refractivity contribution in [1.29, 1.82) is 0 Å². The first-order valence-corrected chi connectivity index (χ1v) is 10.1. The van der Waals surface area contributed by atoms with Crippen LogP contribution in [0.2, 0.25) is 0 Å². The van der Waals surface area contributed by atoms with Crippen molar-refractivity contribution in [2.75, 3.05) is 19.9 Å². The molecular weight excluding hydrogens is 384 g/mol. The van der Waals surface area contributed by atoms with E-state index in [1.54, 1.807) is 30.4 Å². The zero-order chi connectivity index (χ0) is 19.2. The number of ether oxygens (including phenoxy) is 1. The first kappa shape index (κ1) is 19.4. The van der Waals surface area contributed by atoms with Gasteiger partial charge in [0.2, 0.25) is 11.8 Å². The first-order chi connectivity index (χ1) is 13.0. The highest BCUT2D eigenvalue weighted by molar-refractivity contribution is 7.99. The molecule has 0 aliphatic heterocycles. The minimum absolute atomic E-state index is 0.0160. The Labute approximate surface area is 165 Å². The Morgan fingerprint density at radius 2 is 2.22 bits per heavy atom. The van der Waals surface area contributed by atoms with Crippen LogP contribution in [0.3, 0.4) is 0 Å². The lowest BCUT2D eigenvalue weighted by molar-refractivity contribution is -0.127. The maximum Gasteiger partial charge on any atom is 0.277 e. The number of methoxy groups -OCH3 is 1. The number of rotatable bonds is 8. The van der Waals surface area contributed by atoms with Gasteiger partial charge >= 0.3 is 0 Å². The predicted octanol–water partition coefficient (Wildman–Crippen LogP) is 3.18. The Balaban J connectivity index is 1.49. The average Bonchev–Trinajstić information content (AvgIpc) is 3.28. The van der Waals surface area contributed by atoms with Crippen LogP contribution >= 0.6 is 23.1 Å². The van der Waals surface area contributed by atoms with Crippen LogP contribution in [0, 0.1) is 6.92 Å². The number of nitrogens with zero attached hydrogens (tertiary/aromatic N) is 4. The van der Waals surface area contributed by atoms with Gasteiger partial charge in [0, 0.05) is 19.0 Å². The van der Waals surface area contributed by atoms with Gasteiger partial charge in [-0.15, -0.1) is 21.5 Å². The summed E-state index contributed by atoms with van der Waals surface area (Å²) in [4.78, 5) is 18.4. The van der Waals surface area contributed by atoms with Crippen LogP contribution < -0.4 is 4.74 Å². The Morgan fingerprint density at radius 3 is 2.96 bits per heavy atom. The minimum atomic E-state index is -0.0160. The zero-order valence-corrected chi connectivity index (χ0v) is 17.0. The number of carbonyl (C=O) groups excluding carboxylic acids is 1. The second kappa shape index (κ2) is 9.01. The van der Waals surface area contributed by atoms with E-state index < -0.39 is 0 Å². The van der Waals surface area contributed by atoms with Crippen LogP contribution in [-0.4, -0.2) is 45.9 Å². The molecule has 9 heteroatoms. The van der Waals surface area contributed by atoms with Crippen molar-refractivity contribution in [2.45, 2.75) is 25.1 Å². The molecule has 0 saturated carbocycles. The molecular formula is C18H20N4O3S2. The predicted molar refractivity (Wildman–Crippen MR) is 104 cm³/mol. The van der Waals surface area contributed by atoms with Crippen molar-refractivity contribution in [2.24, 2.45) is 0 Å². The summed E-state index contributed by atoms with van der Waals surface area (Å²) in [6, 6.07) is 7.66. The molecule has 3 rings (SSSR count). The van der Waals surface area contributed by atoms with Crippen molar-refractivity contribution < 1.29 is 13.9 Å². The summed E-state index contributed by atoms with van der Waals surface area (Å²) in [5.74, 6) is 1.49. The van der Waals surface area contributed by atoms with Crippen molar-refractivity contribution in [3.05, 3.63) is 51.8 Å². The second-order valence-electron chi connectivity index (χ2n) is 5.89. The van der Waals surface area contributed by atoms with E-state index in [1.165, 1.54) is 11.8 Å². The Morgan fingerprint density at radius 1 is 1.37 bits per heavy atom. The number of benzene rings is 1. The third kappa shape index (κ3) is 5.54. The summed E-state index contributed by atoms with van der Waals surface area (Å²) < 4.78 is 10.8. The molecule has 1 amide bonds. The van der Waals surface area contributed by atoms with Crippen molar-refractivity contribution >= 4 is 29.0 Å². The lowest BCUT2D eigenvalue weighted by Gasteiger charge is -2.17. The minimum Gasteiger partial charge on any atom is -0.497 e. The molecule has 27 heavy (non-hydrogen) atoms. The van der Waals surface area contributed by atoms with Gasteiger partial charge in [0.15, 0.2) is 0 Å². The molecule has 0 fully saturated rings. The fourth-order valence-electron chi connectivity index (χ4n) is 2.38.